The number of esters is 2. The second kappa shape index (κ2) is 14.9. The molecule has 39 heavy (non-hydrogen) atoms. The van der Waals surface area contributed by atoms with Gasteiger partial charge in [-0.15, -0.1) is 0 Å². The van der Waals surface area contributed by atoms with Crippen molar-refractivity contribution in [1.82, 2.24) is 0 Å². The lowest BCUT2D eigenvalue weighted by Gasteiger charge is -2.46. The summed E-state index contributed by atoms with van der Waals surface area (Å²) in [6.07, 6.45) is 17.1. The van der Waals surface area contributed by atoms with Crippen molar-refractivity contribution in [3.05, 3.63) is 0 Å². The molecule has 3 aliphatic carbocycles. The van der Waals surface area contributed by atoms with E-state index in [1.54, 1.807) is 0 Å². The zero-order chi connectivity index (χ0) is 28.6. The molecule has 0 aliphatic heterocycles. The van der Waals surface area contributed by atoms with Crippen molar-refractivity contribution in [3.63, 3.8) is 0 Å². The summed E-state index contributed by atoms with van der Waals surface area (Å²) in [5.41, 5.74) is -0.471. The van der Waals surface area contributed by atoms with Gasteiger partial charge >= 0.3 is 11.9 Å². The summed E-state index contributed by atoms with van der Waals surface area (Å²) in [6, 6.07) is 2.55. The largest absolute Gasteiger partial charge is 0.463 e. The summed E-state index contributed by atoms with van der Waals surface area (Å²) in [4.78, 5) is 23.7. The molecule has 0 bridgehead atoms. The molecule has 0 heterocycles. The van der Waals surface area contributed by atoms with E-state index in [-0.39, 0.29) is 24.0 Å². The first-order chi connectivity index (χ1) is 18.5. The number of rotatable bonds is 10. The number of nitrogens with zero attached hydrogens (tertiary/aromatic N) is 1. The van der Waals surface area contributed by atoms with Crippen LogP contribution >= 0.6 is 0 Å². The quantitative estimate of drug-likeness (QED) is 0.258. The molecule has 0 radical (unpaired) electrons. The first-order valence-electron chi connectivity index (χ1n) is 16.3. The molecule has 0 aromatic carbocycles. The van der Waals surface area contributed by atoms with Gasteiger partial charge in [0.15, 0.2) is 0 Å². The van der Waals surface area contributed by atoms with Crippen LogP contribution in [0.25, 0.3) is 0 Å². The summed E-state index contributed by atoms with van der Waals surface area (Å²) in [7, 11) is 0. The van der Waals surface area contributed by atoms with Crippen LogP contribution in [0.15, 0.2) is 0 Å². The Balaban J connectivity index is 1.58. The minimum atomic E-state index is -0.471. The molecule has 0 aromatic heterocycles. The lowest BCUT2D eigenvalue weighted by molar-refractivity contribution is -0.155. The molecule has 4 unspecified atom stereocenters. The van der Waals surface area contributed by atoms with Crippen molar-refractivity contribution < 1.29 is 19.1 Å². The highest BCUT2D eigenvalue weighted by molar-refractivity contribution is 5.69. The van der Waals surface area contributed by atoms with Crippen molar-refractivity contribution in [2.75, 3.05) is 0 Å². The molecule has 0 spiro atoms. The van der Waals surface area contributed by atoms with E-state index in [1.165, 1.54) is 64.7 Å². The maximum atomic E-state index is 12.2. The van der Waals surface area contributed by atoms with Gasteiger partial charge in [0, 0.05) is 19.3 Å². The van der Waals surface area contributed by atoms with Gasteiger partial charge in [0.2, 0.25) is 0 Å². The molecule has 0 saturated heterocycles. The van der Waals surface area contributed by atoms with Crippen molar-refractivity contribution in [2.24, 2.45) is 47.3 Å². The monoisotopic (exact) mass is 543 g/mol. The van der Waals surface area contributed by atoms with E-state index < -0.39 is 5.60 Å². The second-order valence-corrected chi connectivity index (χ2v) is 14.4. The number of carbonyl (C=O) groups excluding carboxylic acids is 2. The Labute approximate surface area is 239 Å². The maximum absolute atomic E-state index is 12.2. The van der Waals surface area contributed by atoms with Gasteiger partial charge in [0.25, 0.3) is 0 Å². The molecule has 4 atom stereocenters. The number of hydrogen-bond acceptors (Lipinski definition) is 5. The van der Waals surface area contributed by atoms with Gasteiger partial charge in [0.05, 0.1) is 6.07 Å². The molecule has 0 aromatic rings. The van der Waals surface area contributed by atoms with Crippen molar-refractivity contribution in [2.45, 2.75) is 150 Å². The molecule has 0 N–H and O–H groups in total. The summed E-state index contributed by atoms with van der Waals surface area (Å²) >= 11 is 0. The predicted octanol–water partition coefficient (Wildman–Crippen LogP) is 8.65. The maximum Gasteiger partial charge on any atom is 0.306 e. The van der Waals surface area contributed by atoms with E-state index in [4.69, 9.17) is 9.47 Å². The Morgan fingerprint density at radius 3 is 1.79 bits per heavy atom. The normalized spacial score (nSPS) is 29.9. The zero-order valence-electron chi connectivity index (χ0n) is 25.9. The van der Waals surface area contributed by atoms with Crippen molar-refractivity contribution >= 4 is 11.9 Å². The van der Waals surface area contributed by atoms with E-state index in [9.17, 15) is 14.9 Å². The Morgan fingerprint density at radius 2 is 1.31 bits per heavy atom. The third-order valence-corrected chi connectivity index (χ3v) is 10.6. The number of carbonyl (C=O) groups is 2. The third kappa shape index (κ3) is 9.79. The van der Waals surface area contributed by atoms with Gasteiger partial charge < -0.3 is 9.47 Å². The molecule has 222 valence electrons. The fourth-order valence-electron chi connectivity index (χ4n) is 8.60. The lowest BCUT2D eigenvalue weighted by atomic mass is 9.59. The Morgan fingerprint density at radius 1 is 0.795 bits per heavy atom. The highest BCUT2D eigenvalue weighted by Crippen LogP contribution is 2.49. The predicted molar refractivity (Wildman–Crippen MR) is 156 cm³/mol. The van der Waals surface area contributed by atoms with Crippen LogP contribution in [0.1, 0.15) is 138 Å². The minimum Gasteiger partial charge on any atom is -0.463 e. The van der Waals surface area contributed by atoms with Crippen LogP contribution in [-0.2, 0) is 19.1 Å². The van der Waals surface area contributed by atoms with E-state index in [1.807, 2.05) is 20.8 Å². The van der Waals surface area contributed by atoms with Gasteiger partial charge in [-0.1, -0.05) is 46.0 Å². The van der Waals surface area contributed by atoms with Crippen LogP contribution in [0.5, 0.6) is 0 Å². The molecule has 5 heteroatoms. The summed E-state index contributed by atoms with van der Waals surface area (Å²) in [5, 5.41) is 9.91. The molecule has 5 nitrogen and oxygen atoms in total. The van der Waals surface area contributed by atoms with E-state index >= 15 is 0 Å². The first-order valence-corrected chi connectivity index (χ1v) is 16.3. The zero-order valence-corrected chi connectivity index (χ0v) is 25.9. The smallest absolute Gasteiger partial charge is 0.306 e. The number of ether oxygens (including phenoxy) is 2. The Bertz CT molecular complexity index is 804. The van der Waals surface area contributed by atoms with E-state index in [2.05, 4.69) is 19.9 Å². The van der Waals surface area contributed by atoms with Gasteiger partial charge in [0.1, 0.15) is 11.7 Å². The molecule has 3 rings (SSSR count). The molecule has 0 amide bonds. The summed E-state index contributed by atoms with van der Waals surface area (Å²) < 4.78 is 11.0. The minimum absolute atomic E-state index is 0.0470. The number of nitriles is 1. The van der Waals surface area contributed by atoms with E-state index in [0.717, 1.165) is 49.4 Å². The van der Waals surface area contributed by atoms with Crippen LogP contribution in [0.2, 0.25) is 0 Å². The lowest BCUT2D eigenvalue weighted by Crippen LogP contribution is -2.39. The van der Waals surface area contributed by atoms with Crippen LogP contribution in [0.3, 0.4) is 0 Å². The average molecular weight is 544 g/mol. The molecule has 3 fully saturated rings. The Kier molecular flexibility index (Phi) is 12.2. The molecule has 3 aliphatic rings. The van der Waals surface area contributed by atoms with Crippen LogP contribution in [0, 0.1) is 58.7 Å². The standard InChI is InChI=1S/C34H57NO4/c1-23(26-12-14-28(15-13-26)30(22-35)18-21-32(37)39-34(4,5)6)33(29-10-8-7-9-11-29)24(2)27-16-19-31(20-17-27)38-25(3)36/h23-24,26-31,33H,7-21H2,1-6H3. The molecular formula is C34H57NO4. The first kappa shape index (κ1) is 32.0. The fraction of sp³-hybridized carbons (Fsp3) is 0.912. The highest BCUT2D eigenvalue weighted by Gasteiger charge is 2.41. The fourth-order valence-corrected chi connectivity index (χ4v) is 8.60. The average Bonchev–Trinajstić information content (AvgIpc) is 2.89. The second-order valence-electron chi connectivity index (χ2n) is 14.4. The van der Waals surface area contributed by atoms with Crippen LogP contribution in [0.4, 0.5) is 0 Å². The topological polar surface area (TPSA) is 76.4 Å². The summed E-state index contributed by atoms with van der Waals surface area (Å²) in [6.45, 7) is 12.3. The van der Waals surface area contributed by atoms with Gasteiger partial charge in [-0.05, 0) is 120 Å². The van der Waals surface area contributed by atoms with E-state index in [0.29, 0.717) is 30.6 Å². The number of hydrogen-bond donors (Lipinski definition) is 0. The van der Waals surface area contributed by atoms with Crippen LogP contribution < -0.4 is 0 Å². The van der Waals surface area contributed by atoms with Crippen molar-refractivity contribution in [1.29, 1.82) is 5.26 Å². The third-order valence-electron chi connectivity index (χ3n) is 10.6. The van der Waals surface area contributed by atoms with Gasteiger partial charge in [-0.3, -0.25) is 9.59 Å². The molecular weight excluding hydrogens is 486 g/mol. The highest BCUT2D eigenvalue weighted by atomic mass is 16.6. The van der Waals surface area contributed by atoms with Crippen molar-refractivity contribution in [3.8, 4) is 6.07 Å². The summed E-state index contributed by atoms with van der Waals surface area (Å²) in [5.74, 6) is 4.52. The SMILES string of the molecule is CC(=O)OC1CCC(C(C)C(C2CCCCC2)C(C)C2CCC(C(C#N)CCC(=O)OC(C)(C)C)CC2)CC1. The molecule has 3 saturated carbocycles. The Hall–Kier alpha value is -1.57. The van der Waals surface area contributed by atoms with Gasteiger partial charge in [-0.2, -0.15) is 5.26 Å². The van der Waals surface area contributed by atoms with Crippen LogP contribution in [-0.4, -0.2) is 23.6 Å². The van der Waals surface area contributed by atoms with Gasteiger partial charge in [-0.25, -0.2) is 0 Å².